The van der Waals surface area contributed by atoms with Crippen LogP contribution in [0, 0.1) is 35.5 Å². The van der Waals surface area contributed by atoms with E-state index in [1.807, 2.05) is 18.2 Å². The number of hydrogen-bond acceptors (Lipinski definition) is 2. The van der Waals surface area contributed by atoms with Crippen molar-refractivity contribution in [1.82, 2.24) is 4.90 Å². The highest BCUT2D eigenvalue weighted by Crippen LogP contribution is 2.65. The van der Waals surface area contributed by atoms with Crippen LogP contribution in [0.5, 0.6) is 0 Å². The molecule has 1 heterocycles. The van der Waals surface area contributed by atoms with Crippen LogP contribution >= 0.6 is 0 Å². The minimum Gasteiger partial charge on any atom is -0.282 e. The van der Waals surface area contributed by atoms with Gasteiger partial charge in [0.05, 0.1) is 11.8 Å². The van der Waals surface area contributed by atoms with E-state index in [1.54, 1.807) is 4.90 Å². The summed E-state index contributed by atoms with van der Waals surface area (Å²) >= 11 is 0. The van der Waals surface area contributed by atoms with E-state index in [0.29, 0.717) is 30.2 Å². The first-order chi connectivity index (χ1) is 10.8. The van der Waals surface area contributed by atoms with Crippen molar-refractivity contribution in [1.29, 1.82) is 0 Å². The molecule has 0 unspecified atom stereocenters. The minimum atomic E-state index is -0.0537. The van der Waals surface area contributed by atoms with Gasteiger partial charge in [-0.25, -0.2) is 0 Å². The van der Waals surface area contributed by atoms with Gasteiger partial charge >= 0.3 is 0 Å². The summed E-state index contributed by atoms with van der Waals surface area (Å²) in [7, 11) is 0. The molecule has 22 heavy (non-hydrogen) atoms. The summed E-state index contributed by atoms with van der Waals surface area (Å²) in [4.78, 5) is 27.1. The van der Waals surface area contributed by atoms with E-state index in [-0.39, 0.29) is 23.7 Å². The van der Waals surface area contributed by atoms with Crippen LogP contribution in [-0.4, -0.2) is 23.3 Å². The van der Waals surface area contributed by atoms with Gasteiger partial charge in [0.15, 0.2) is 0 Å². The maximum absolute atomic E-state index is 12.8. The fourth-order valence-electron chi connectivity index (χ4n) is 5.12. The van der Waals surface area contributed by atoms with Crippen LogP contribution < -0.4 is 0 Å². The summed E-state index contributed by atoms with van der Waals surface area (Å²) in [6.07, 6.45) is 6.44. The fourth-order valence-corrected chi connectivity index (χ4v) is 5.12. The first-order valence-electron chi connectivity index (χ1n) is 8.33. The molecule has 1 aliphatic heterocycles. The lowest BCUT2D eigenvalue weighted by atomic mass is 9.63. The van der Waals surface area contributed by atoms with Crippen molar-refractivity contribution in [2.45, 2.75) is 12.8 Å². The van der Waals surface area contributed by atoms with Crippen molar-refractivity contribution in [3.8, 4) is 0 Å². The Hall–Kier alpha value is -1.90. The molecule has 1 saturated heterocycles. The summed E-state index contributed by atoms with van der Waals surface area (Å²) in [5, 5.41) is 0. The number of carbonyl (C=O) groups excluding carboxylic acids is 2. The van der Waals surface area contributed by atoms with Gasteiger partial charge in [-0.05, 0) is 42.1 Å². The Morgan fingerprint density at radius 3 is 2.09 bits per heavy atom. The third kappa shape index (κ3) is 1.57. The summed E-state index contributed by atoms with van der Waals surface area (Å²) in [5.41, 5.74) is 1.18. The van der Waals surface area contributed by atoms with E-state index in [9.17, 15) is 9.59 Å². The Labute approximate surface area is 130 Å². The molecule has 2 amide bonds. The van der Waals surface area contributed by atoms with Crippen molar-refractivity contribution < 1.29 is 9.59 Å². The van der Waals surface area contributed by atoms with E-state index in [4.69, 9.17) is 0 Å². The molecule has 3 nitrogen and oxygen atoms in total. The molecule has 3 heteroatoms. The Morgan fingerprint density at radius 1 is 0.909 bits per heavy atom. The normalized spacial score (nSPS) is 40.8. The Morgan fingerprint density at radius 2 is 1.50 bits per heavy atom. The van der Waals surface area contributed by atoms with Gasteiger partial charge in [0.25, 0.3) is 0 Å². The van der Waals surface area contributed by atoms with Gasteiger partial charge in [-0.2, -0.15) is 0 Å². The monoisotopic (exact) mass is 293 g/mol. The topological polar surface area (TPSA) is 37.4 Å². The first-order valence-corrected chi connectivity index (χ1v) is 8.33. The van der Waals surface area contributed by atoms with Crippen LogP contribution in [0.25, 0.3) is 0 Å². The van der Waals surface area contributed by atoms with E-state index >= 15 is 0 Å². The van der Waals surface area contributed by atoms with E-state index < -0.39 is 0 Å². The molecule has 0 spiro atoms. The zero-order valence-electron chi connectivity index (χ0n) is 12.4. The molecule has 4 aliphatic carbocycles. The molecule has 3 fully saturated rings. The van der Waals surface area contributed by atoms with Crippen LogP contribution in [0.3, 0.4) is 0 Å². The van der Waals surface area contributed by atoms with Gasteiger partial charge in [0, 0.05) is 6.54 Å². The highest BCUT2D eigenvalue weighted by atomic mass is 16.2. The lowest BCUT2D eigenvalue weighted by molar-refractivity contribution is -0.140. The molecule has 1 aromatic carbocycles. The maximum atomic E-state index is 12.8. The number of benzene rings is 1. The molecule has 0 radical (unpaired) electrons. The van der Waals surface area contributed by atoms with E-state index in [2.05, 4.69) is 24.3 Å². The second-order valence-electron chi connectivity index (χ2n) is 7.22. The number of allylic oxidation sites excluding steroid dienone is 2. The molecule has 2 bridgehead atoms. The first kappa shape index (κ1) is 12.6. The molecule has 5 aliphatic rings. The van der Waals surface area contributed by atoms with Crippen molar-refractivity contribution in [2.75, 3.05) is 6.54 Å². The van der Waals surface area contributed by atoms with Crippen LogP contribution in [0.1, 0.15) is 12.0 Å². The lowest BCUT2D eigenvalue weighted by Crippen LogP contribution is -2.40. The standard InChI is InChI=1S/C19H19NO2/c21-18-16-12-6-7-13(15-10-14(12)15)17(16)19(22)20(18)9-8-11-4-2-1-3-5-11/h1-7,12-17H,8-10H2/t12-,13-,14-,15+,16-,17+/m1/s1. The molecule has 6 rings (SSSR count). The molecular weight excluding hydrogens is 274 g/mol. The quantitative estimate of drug-likeness (QED) is 0.633. The van der Waals surface area contributed by atoms with Crippen molar-refractivity contribution in [3.63, 3.8) is 0 Å². The Balaban J connectivity index is 1.38. The van der Waals surface area contributed by atoms with Gasteiger partial charge in [0.1, 0.15) is 0 Å². The predicted octanol–water partition coefficient (Wildman–Crippen LogP) is 2.28. The smallest absolute Gasteiger partial charge is 0.233 e. The molecule has 0 aromatic heterocycles. The molecule has 1 aromatic rings. The average molecular weight is 293 g/mol. The highest BCUT2D eigenvalue weighted by molar-refractivity contribution is 6.06. The maximum Gasteiger partial charge on any atom is 0.233 e. The minimum absolute atomic E-state index is 0.0537. The zero-order valence-corrected chi connectivity index (χ0v) is 12.4. The van der Waals surface area contributed by atoms with Gasteiger partial charge in [-0.1, -0.05) is 42.5 Å². The second-order valence-corrected chi connectivity index (χ2v) is 7.22. The van der Waals surface area contributed by atoms with E-state index in [1.165, 1.54) is 12.0 Å². The molecular formula is C19H19NO2. The highest BCUT2D eigenvalue weighted by Gasteiger charge is 2.66. The number of nitrogens with zero attached hydrogens (tertiary/aromatic N) is 1. The summed E-state index contributed by atoms with van der Waals surface area (Å²) in [6, 6.07) is 10.1. The van der Waals surface area contributed by atoms with Crippen molar-refractivity contribution in [3.05, 3.63) is 48.0 Å². The van der Waals surface area contributed by atoms with Crippen LogP contribution in [0.4, 0.5) is 0 Å². The number of imide groups is 1. The third-order valence-electron chi connectivity index (χ3n) is 6.22. The summed E-state index contributed by atoms with van der Waals surface area (Å²) in [6.45, 7) is 0.531. The van der Waals surface area contributed by atoms with Crippen molar-refractivity contribution in [2.24, 2.45) is 35.5 Å². The molecule has 0 N–H and O–H groups in total. The van der Waals surface area contributed by atoms with Crippen LogP contribution in [0.15, 0.2) is 42.5 Å². The molecule has 2 saturated carbocycles. The van der Waals surface area contributed by atoms with Crippen molar-refractivity contribution >= 4 is 11.8 Å². The second kappa shape index (κ2) is 4.31. The summed E-state index contributed by atoms with van der Waals surface area (Å²) < 4.78 is 0. The number of likely N-dealkylation sites (tertiary alicyclic amines) is 1. The number of carbonyl (C=O) groups is 2. The van der Waals surface area contributed by atoms with Crippen LogP contribution in [0.2, 0.25) is 0 Å². The number of hydrogen-bond donors (Lipinski definition) is 0. The van der Waals surface area contributed by atoms with Crippen LogP contribution in [-0.2, 0) is 16.0 Å². The summed E-state index contributed by atoms with van der Waals surface area (Å²) in [5.74, 6) is 2.11. The number of rotatable bonds is 3. The molecule has 6 atom stereocenters. The lowest BCUT2D eigenvalue weighted by Gasteiger charge is -2.37. The average Bonchev–Trinajstić information content (AvgIpc) is 3.33. The third-order valence-corrected chi connectivity index (χ3v) is 6.22. The SMILES string of the molecule is O=C1[C@@H]2[C@@H]3C=C[C@H]([C@@H]4C[C@H]34)[C@@H]2C(=O)N1CCc1ccccc1. The van der Waals surface area contributed by atoms with Gasteiger partial charge < -0.3 is 0 Å². The largest absolute Gasteiger partial charge is 0.282 e. The Bertz CT molecular complexity index is 644. The van der Waals surface area contributed by atoms with Gasteiger partial charge in [-0.15, -0.1) is 0 Å². The van der Waals surface area contributed by atoms with Gasteiger partial charge in [-0.3, -0.25) is 14.5 Å². The Kier molecular flexibility index (Phi) is 2.47. The zero-order chi connectivity index (χ0) is 14.8. The van der Waals surface area contributed by atoms with E-state index in [0.717, 1.165) is 6.42 Å². The number of amides is 2. The molecule has 112 valence electrons. The fraction of sp³-hybridized carbons (Fsp3) is 0.474. The predicted molar refractivity (Wildman–Crippen MR) is 81.6 cm³/mol. The van der Waals surface area contributed by atoms with Gasteiger partial charge in [0.2, 0.25) is 11.8 Å².